The maximum absolute atomic E-state index is 12.9. The number of amides is 1. The predicted octanol–water partition coefficient (Wildman–Crippen LogP) is 4.52. The van der Waals surface area contributed by atoms with Gasteiger partial charge in [-0.1, -0.05) is 18.2 Å². The molecule has 182 valence electrons. The van der Waals surface area contributed by atoms with Crippen molar-refractivity contribution in [2.45, 2.75) is 12.8 Å². The maximum atomic E-state index is 12.9. The molecule has 0 bridgehead atoms. The van der Waals surface area contributed by atoms with E-state index in [1.54, 1.807) is 18.3 Å². The molecule has 5 rings (SSSR count). The second-order valence-corrected chi connectivity index (χ2v) is 9.06. The van der Waals surface area contributed by atoms with Gasteiger partial charge in [0.1, 0.15) is 17.2 Å². The predicted molar refractivity (Wildman–Crippen MR) is 135 cm³/mol. The molecule has 0 radical (unpaired) electrons. The van der Waals surface area contributed by atoms with Gasteiger partial charge >= 0.3 is 0 Å². The molecule has 0 atom stereocenters. The molecule has 2 aromatic carbocycles. The van der Waals surface area contributed by atoms with E-state index in [-0.39, 0.29) is 5.91 Å². The molecule has 7 heteroatoms. The first-order valence-corrected chi connectivity index (χ1v) is 12.4. The maximum Gasteiger partial charge on any atom is 0.255 e. The molecule has 1 amide bonds. The van der Waals surface area contributed by atoms with Crippen molar-refractivity contribution in [3.8, 4) is 23.1 Å². The number of carbonyl (C=O) groups excluding carboxylic acids is 1. The summed E-state index contributed by atoms with van der Waals surface area (Å²) in [6.45, 7) is 8.08. The number of aromatic nitrogens is 1. The van der Waals surface area contributed by atoms with Gasteiger partial charge in [0.15, 0.2) is 0 Å². The van der Waals surface area contributed by atoms with Crippen LogP contribution in [-0.2, 0) is 0 Å². The van der Waals surface area contributed by atoms with Gasteiger partial charge < -0.3 is 19.3 Å². The van der Waals surface area contributed by atoms with E-state index in [0.717, 1.165) is 50.8 Å². The van der Waals surface area contributed by atoms with Crippen molar-refractivity contribution in [1.82, 2.24) is 19.7 Å². The zero-order chi connectivity index (χ0) is 23.9. The van der Waals surface area contributed by atoms with Crippen LogP contribution in [0.1, 0.15) is 23.2 Å². The molecule has 2 fully saturated rings. The fourth-order valence-corrected chi connectivity index (χ4v) is 4.53. The minimum atomic E-state index is 0.0330. The summed E-state index contributed by atoms with van der Waals surface area (Å²) in [6.07, 6.45) is 4.26. The van der Waals surface area contributed by atoms with E-state index in [4.69, 9.17) is 9.47 Å². The topological polar surface area (TPSA) is 58.1 Å². The second kappa shape index (κ2) is 11.3. The molecule has 2 saturated heterocycles. The number of benzene rings is 2. The Kier molecular flexibility index (Phi) is 7.56. The Morgan fingerprint density at radius 2 is 1.29 bits per heavy atom. The van der Waals surface area contributed by atoms with Gasteiger partial charge in [0.05, 0.1) is 5.56 Å². The van der Waals surface area contributed by atoms with Gasteiger partial charge in [-0.05, 0) is 68.4 Å². The average molecular weight is 473 g/mol. The third-order valence-electron chi connectivity index (χ3n) is 6.60. The number of hydrogen-bond acceptors (Lipinski definition) is 6. The zero-order valence-corrected chi connectivity index (χ0v) is 20.0. The molecular formula is C28H32N4O3. The van der Waals surface area contributed by atoms with Crippen LogP contribution < -0.4 is 9.47 Å². The fourth-order valence-electron chi connectivity index (χ4n) is 4.53. The van der Waals surface area contributed by atoms with E-state index in [1.807, 2.05) is 59.5 Å². The number of rotatable bonds is 8. The highest BCUT2D eigenvalue weighted by atomic mass is 16.5. The molecular weight excluding hydrogens is 440 g/mol. The minimum absolute atomic E-state index is 0.0330. The van der Waals surface area contributed by atoms with Crippen LogP contribution >= 0.6 is 0 Å². The molecule has 2 aliphatic rings. The van der Waals surface area contributed by atoms with E-state index >= 15 is 0 Å². The van der Waals surface area contributed by atoms with E-state index < -0.39 is 0 Å². The van der Waals surface area contributed by atoms with Crippen LogP contribution in [0.15, 0.2) is 72.9 Å². The van der Waals surface area contributed by atoms with E-state index in [1.165, 1.54) is 25.9 Å². The summed E-state index contributed by atoms with van der Waals surface area (Å²) in [7, 11) is 0. The van der Waals surface area contributed by atoms with E-state index in [9.17, 15) is 4.79 Å². The molecule has 0 N–H and O–H groups in total. The molecule has 0 aliphatic carbocycles. The van der Waals surface area contributed by atoms with Crippen molar-refractivity contribution in [3.63, 3.8) is 0 Å². The van der Waals surface area contributed by atoms with Crippen LogP contribution in [0.5, 0.6) is 23.1 Å². The average Bonchev–Trinajstić information content (AvgIpc) is 3.43. The lowest BCUT2D eigenvalue weighted by Crippen LogP contribution is -2.50. The smallest absolute Gasteiger partial charge is 0.255 e. The number of nitrogens with zero attached hydrogens (tertiary/aromatic N) is 4. The van der Waals surface area contributed by atoms with Gasteiger partial charge in [-0.25, -0.2) is 4.98 Å². The van der Waals surface area contributed by atoms with E-state index in [0.29, 0.717) is 17.2 Å². The quantitative estimate of drug-likeness (QED) is 0.481. The lowest BCUT2D eigenvalue weighted by Gasteiger charge is -2.35. The molecule has 0 saturated carbocycles. The van der Waals surface area contributed by atoms with Crippen molar-refractivity contribution in [2.75, 3.05) is 52.4 Å². The summed E-state index contributed by atoms with van der Waals surface area (Å²) < 4.78 is 11.7. The molecule has 3 heterocycles. The number of carbonyl (C=O) groups is 1. The second-order valence-electron chi connectivity index (χ2n) is 9.06. The minimum Gasteiger partial charge on any atom is -0.457 e. The normalized spacial score (nSPS) is 16.9. The summed E-state index contributed by atoms with van der Waals surface area (Å²) in [4.78, 5) is 24.2. The van der Waals surface area contributed by atoms with E-state index in [2.05, 4.69) is 14.8 Å². The Morgan fingerprint density at radius 3 is 1.91 bits per heavy atom. The van der Waals surface area contributed by atoms with Gasteiger partial charge in [-0.2, -0.15) is 0 Å². The third kappa shape index (κ3) is 6.38. The number of ether oxygens (including phenoxy) is 2. The van der Waals surface area contributed by atoms with Crippen molar-refractivity contribution >= 4 is 5.91 Å². The largest absolute Gasteiger partial charge is 0.457 e. The molecule has 3 aromatic rings. The fraction of sp³-hybridized carbons (Fsp3) is 0.357. The highest BCUT2D eigenvalue weighted by Crippen LogP contribution is 2.26. The monoisotopic (exact) mass is 472 g/mol. The summed E-state index contributed by atoms with van der Waals surface area (Å²) in [5.74, 6) is 2.65. The third-order valence-corrected chi connectivity index (χ3v) is 6.60. The lowest BCUT2D eigenvalue weighted by molar-refractivity contribution is 0.0626. The first kappa shape index (κ1) is 23.3. The Hall–Kier alpha value is -3.42. The van der Waals surface area contributed by atoms with Gasteiger partial charge in [-0.15, -0.1) is 0 Å². The van der Waals surface area contributed by atoms with Crippen LogP contribution in [0.3, 0.4) is 0 Å². The number of para-hydroxylation sites is 1. The van der Waals surface area contributed by atoms with Gasteiger partial charge in [0, 0.05) is 51.5 Å². The Labute approximate surface area is 206 Å². The number of piperazine rings is 1. The number of pyridine rings is 1. The van der Waals surface area contributed by atoms with Gasteiger partial charge in [0.25, 0.3) is 5.91 Å². The van der Waals surface area contributed by atoms with Crippen LogP contribution in [0.4, 0.5) is 0 Å². The Morgan fingerprint density at radius 1 is 0.686 bits per heavy atom. The van der Waals surface area contributed by atoms with Gasteiger partial charge in [-0.3, -0.25) is 9.69 Å². The lowest BCUT2D eigenvalue weighted by atomic mass is 10.2. The SMILES string of the molecule is O=C(c1ccc(Oc2ccc(Oc3ccccc3)cc2)nc1)N1CCN(CCN2CCCC2)CC1. The molecule has 0 unspecified atom stereocenters. The number of likely N-dealkylation sites (tertiary alicyclic amines) is 1. The van der Waals surface area contributed by atoms with Crippen LogP contribution in [0.25, 0.3) is 0 Å². The summed E-state index contributed by atoms with van der Waals surface area (Å²) in [5.41, 5.74) is 0.592. The summed E-state index contributed by atoms with van der Waals surface area (Å²) in [5, 5.41) is 0. The Bertz CT molecular complexity index is 1080. The first-order chi connectivity index (χ1) is 17.2. The van der Waals surface area contributed by atoms with Crippen molar-refractivity contribution in [1.29, 1.82) is 0 Å². The van der Waals surface area contributed by atoms with Crippen molar-refractivity contribution in [3.05, 3.63) is 78.5 Å². The number of hydrogen-bond donors (Lipinski definition) is 0. The van der Waals surface area contributed by atoms with Crippen molar-refractivity contribution in [2.24, 2.45) is 0 Å². The highest BCUT2D eigenvalue weighted by molar-refractivity contribution is 5.94. The van der Waals surface area contributed by atoms with Crippen LogP contribution in [0.2, 0.25) is 0 Å². The molecule has 35 heavy (non-hydrogen) atoms. The van der Waals surface area contributed by atoms with Crippen molar-refractivity contribution < 1.29 is 14.3 Å². The summed E-state index contributed by atoms with van der Waals surface area (Å²) >= 11 is 0. The standard InChI is InChI=1S/C28H32N4O3/c33-28(32-20-18-31(19-21-32)17-16-30-14-4-5-15-30)23-8-13-27(29-22-23)35-26-11-9-25(10-12-26)34-24-6-2-1-3-7-24/h1-3,6-13,22H,4-5,14-21H2. The highest BCUT2D eigenvalue weighted by Gasteiger charge is 2.23. The van der Waals surface area contributed by atoms with Crippen LogP contribution in [0, 0.1) is 0 Å². The molecule has 1 aromatic heterocycles. The summed E-state index contributed by atoms with van der Waals surface area (Å²) in [6, 6.07) is 20.5. The van der Waals surface area contributed by atoms with Crippen LogP contribution in [-0.4, -0.2) is 77.9 Å². The van der Waals surface area contributed by atoms with Gasteiger partial charge in [0.2, 0.25) is 5.88 Å². The Balaban J connectivity index is 1.09. The molecule has 7 nitrogen and oxygen atoms in total. The zero-order valence-electron chi connectivity index (χ0n) is 20.0. The molecule has 2 aliphatic heterocycles. The first-order valence-electron chi connectivity index (χ1n) is 12.4. The molecule has 0 spiro atoms.